The summed E-state index contributed by atoms with van der Waals surface area (Å²) in [5, 5.41) is 18.2. The van der Waals surface area contributed by atoms with Gasteiger partial charge in [0.15, 0.2) is 0 Å². The number of hydrogen-bond acceptors (Lipinski definition) is 6. The average molecular weight is 338 g/mol. The van der Waals surface area contributed by atoms with Gasteiger partial charge in [0.25, 0.3) is 0 Å². The predicted molar refractivity (Wildman–Crippen MR) is 95.9 cm³/mol. The fraction of sp³-hybridized carbons (Fsp3) is 0.278. The van der Waals surface area contributed by atoms with Crippen LogP contribution in [0.15, 0.2) is 54.6 Å². The van der Waals surface area contributed by atoms with Gasteiger partial charge in [-0.1, -0.05) is 35.4 Å². The van der Waals surface area contributed by atoms with Crippen molar-refractivity contribution in [3.05, 3.63) is 60.2 Å². The summed E-state index contributed by atoms with van der Waals surface area (Å²) in [6.07, 6.45) is 1.10. The predicted octanol–water partition coefficient (Wildman–Crippen LogP) is 2.15. The number of benzene rings is 2. The molecule has 0 spiro atoms. The lowest BCUT2D eigenvalue weighted by molar-refractivity contribution is 0.426. The zero-order valence-corrected chi connectivity index (χ0v) is 14.2. The number of nitrogens with one attached hydrogen (secondary N) is 2. The first-order valence-electron chi connectivity index (χ1n) is 8.33. The molecule has 0 amide bonds. The van der Waals surface area contributed by atoms with Crippen LogP contribution in [0.25, 0.3) is 5.69 Å². The topological polar surface area (TPSA) is 76.9 Å². The van der Waals surface area contributed by atoms with E-state index in [2.05, 4.69) is 32.2 Å². The van der Waals surface area contributed by atoms with Crippen LogP contribution in [0.3, 0.4) is 0 Å². The molecule has 0 aliphatic heterocycles. The number of nitrogens with zero attached hydrogens (tertiary/aromatic N) is 4. The lowest BCUT2D eigenvalue weighted by atomic mass is 10.2. The Hall–Kier alpha value is -2.77. The van der Waals surface area contributed by atoms with Crippen molar-refractivity contribution >= 4 is 0 Å². The smallest absolute Gasteiger partial charge is 0.345 e. The summed E-state index contributed by atoms with van der Waals surface area (Å²) in [5.74, 6) is 0.710. The van der Waals surface area contributed by atoms with Crippen molar-refractivity contribution in [1.82, 2.24) is 30.8 Å². The van der Waals surface area contributed by atoms with Crippen molar-refractivity contribution in [2.24, 2.45) is 0 Å². The zero-order valence-electron chi connectivity index (χ0n) is 14.2. The van der Waals surface area contributed by atoms with Crippen LogP contribution < -0.4 is 15.4 Å². The highest BCUT2D eigenvalue weighted by atomic mass is 16.5. The first kappa shape index (κ1) is 17.1. The van der Waals surface area contributed by atoms with Crippen LogP contribution in [0.4, 0.5) is 0 Å². The first-order chi connectivity index (χ1) is 12.4. The Kier molecular flexibility index (Phi) is 6.08. The van der Waals surface area contributed by atoms with Crippen LogP contribution in [-0.4, -0.2) is 40.3 Å². The summed E-state index contributed by atoms with van der Waals surface area (Å²) in [6, 6.07) is 17.9. The first-order valence-corrected chi connectivity index (χ1v) is 8.33. The molecular formula is C18H22N6O. The highest BCUT2D eigenvalue weighted by molar-refractivity contribution is 5.34. The SMILES string of the molecule is CNCCCNCc1cccc(Oc2nnnn2-c2ccccc2)c1. The molecule has 0 fully saturated rings. The van der Waals surface area contributed by atoms with E-state index in [1.54, 1.807) is 4.68 Å². The molecule has 1 aromatic heterocycles. The average Bonchev–Trinajstić information content (AvgIpc) is 3.11. The molecule has 2 N–H and O–H groups in total. The largest absolute Gasteiger partial charge is 0.423 e. The number of ether oxygens (including phenoxy) is 1. The molecule has 1 heterocycles. The normalized spacial score (nSPS) is 10.8. The van der Waals surface area contributed by atoms with Gasteiger partial charge in [-0.2, -0.15) is 4.68 Å². The molecule has 7 nitrogen and oxygen atoms in total. The van der Waals surface area contributed by atoms with E-state index >= 15 is 0 Å². The molecular weight excluding hydrogens is 316 g/mol. The number of rotatable bonds is 9. The molecule has 3 aromatic rings. The van der Waals surface area contributed by atoms with Crippen molar-refractivity contribution in [2.45, 2.75) is 13.0 Å². The van der Waals surface area contributed by atoms with E-state index in [0.717, 1.165) is 37.3 Å². The molecule has 0 radical (unpaired) electrons. The minimum absolute atomic E-state index is 0.338. The van der Waals surface area contributed by atoms with E-state index in [-0.39, 0.29) is 0 Å². The Balaban J connectivity index is 1.64. The van der Waals surface area contributed by atoms with E-state index in [4.69, 9.17) is 4.74 Å². The van der Waals surface area contributed by atoms with Gasteiger partial charge >= 0.3 is 6.01 Å². The van der Waals surface area contributed by atoms with Gasteiger partial charge in [0.1, 0.15) is 5.75 Å². The zero-order chi connectivity index (χ0) is 17.3. The Morgan fingerprint density at radius 2 is 1.92 bits per heavy atom. The molecule has 0 aliphatic carbocycles. The monoisotopic (exact) mass is 338 g/mol. The van der Waals surface area contributed by atoms with E-state index < -0.39 is 0 Å². The number of tetrazole rings is 1. The molecule has 25 heavy (non-hydrogen) atoms. The molecule has 0 unspecified atom stereocenters. The Bertz CT molecular complexity index is 774. The Labute approximate surface area is 147 Å². The van der Waals surface area contributed by atoms with Crippen molar-refractivity contribution < 1.29 is 4.74 Å². The lowest BCUT2D eigenvalue weighted by Crippen LogP contribution is -2.19. The van der Waals surface area contributed by atoms with Gasteiger partial charge in [-0.3, -0.25) is 0 Å². The summed E-state index contributed by atoms with van der Waals surface area (Å²) in [7, 11) is 1.96. The molecule has 0 atom stereocenters. The molecule has 0 saturated heterocycles. The molecule has 0 aliphatic rings. The van der Waals surface area contributed by atoms with Crippen LogP contribution >= 0.6 is 0 Å². The van der Waals surface area contributed by atoms with Gasteiger partial charge in [0.05, 0.1) is 5.69 Å². The highest BCUT2D eigenvalue weighted by Crippen LogP contribution is 2.21. The van der Waals surface area contributed by atoms with Crippen LogP contribution in [0.5, 0.6) is 11.8 Å². The second-order valence-corrected chi connectivity index (χ2v) is 5.59. The molecule has 7 heteroatoms. The van der Waals surface area contributed by atoms with Gasteiger partial charge in [0, 0.05) is 6.54 Å². The van der Waals surface area contributed by atoms with Gasteiger partial charge in [0.2, 0.25) is 0 Å². The highest BCUT2D eigenvalue weighted by Gasteiger charge is 2.10. The maximum Gasteiger partial charge on any atom is 0.345 e. The van der Waals surface area contributed by atoms with Crippen LogP contribution in [-0.2, 0) is 6.54 Å². The number of aromatic nitrogens is 4. The molecule has 3 rings (SSSR count). The maximum absolute atomic E-state index is 5.88. The lowest BCUT2D eigenvalue weighted by Gasteiger charge is -2.08. The van der Waals surface area contributed by atoms with Gasteiger partial charge < -0.3 is 15.4 Å². The van der Waals surface area contributed by atoms with Crippen molar-refractivity contribution in [3.8, 4) is 17.4 Å². The second kappa shape index (κ2) is 8.91. The summed E-state index contributed by atoms with van der Waals surface area (Å²) < 4.78 is 7.45. The molecule has 130 valence electrons. The summed E-state index contributed by atoms with van der Waals surface area (Å²) >= 11 is 0. The van der Waals surface area contributed by atoms with Crippen molar-refractivity contribution in [2.75, 3.05) is 20.1 Å². The standard InChI is InChI=1S/C18H22N6O/c1-19-11-6-12-20-14-15-7-5-10-17(13-15)25-18-21-22-23-24(18)16-8-3-2-4-9-16/h2-5,7-10,13,19-20H,6,11-12,14H2,1H3. The van der Waals surface area contributed by atoms with Crippen molar-refractivity contribution in [3.63, 3.8) is 0 Å². The number of hydrogen-bond donors (Lipinski definition) is 2. The third kappa shape index (κ3) is 4.85. The number of para-hydroxylation sites is 1. The van der Waals surface area contributed by atoms with E-state index in [1.807, 2.05) is 55.6 Å². The Morgan fingerprint density at radius 3 is 2.76 bits per heavy atom. The maximum atomic E-state index is 5.88. The summed E-state index contributed by atoms with van der Waals surface area (Å²) in [6.45, 7) is 2.78. The third-order valence-electron chi connectivity index (χ3n) is 3.66. The fourth-order valence-corrected chi connectivity index (χ4v) is 2.42. The summed E-state index contributed by atoms with van der Waals surface area (Å²) in [5.41, 5.74) is 2.01. The quantitative estimate of drug-likeness (QED) is 0.582. The van der Waals surface area contributed by atoms with Gasteiger partial charge in [-0.05, 0) is 66.8 Å². The Morgan fingerprint density at radius 1 is 1.04 bits per heavy atom. The second-order valence-electron chi connectivity index (χ2n) is 5.59. The van der Waals surface area contributed by atoms with Gasteiger partial charge in [-0.25, -0.2) is 0 Å². The third-order valence-corrected chi connectivity index (χ3v) is 3.66. The van der Waals surface area contributed by atoms with Crippen molar-refractivity contribution in [1.29, 1.82) is 0 Å². The van der Waals surface area contributed by atoms with E-state index in [9.17, 15) is 0 Å². The molecule has 0 bridgehead atoms. The van der Waals surface area contributed by atoms with Gasteiger partial charge in [-0.15, -0.1) is 0 Å². The molecule has 0 saturated carbocycles. The van der Waals surface area contributed by atoms with Crippen LogP contribution in [0.1, 0.15) is 12.0 Å². The van der Waals surface area contributed by atoms with Crippen LogP contribution in [0, 0.1) is 0 Å². The summed E-state index contributed by atoms with van der Waals surface area (Å²) in [4.78, 5) is 0. The minimum Gasteiger partial charge on any atom is -0.423 e. The fourth-order valence-electron chi connectivity index (χ4n) is 2.42. The minimum atomic E-state index is 0.338. The van der Waals surface area contributed by atoms with Crippen LogP contribution in [0.2, 0.25) is 0 Å². The van der Waals surface area contributed by atoms with E-state index in [1.165, 1.54) is 0 Å². The van der Waals surface area contributed by atoms with E-state index in [0.29, 0.717) is 11.8 Å². The molecule has 2 aromatic carbocycles.